The van der Waals surface area contributed by atoms with Gasteiger partial charge in [0.05, 0.1) is 12.1 Å². The number of carbonyl (C=O) groups is 1. The van der Waals surface area contributed by atoms with E-state index in [-0.39, 0.29) is 12.5 Å². The van der Waals surface area contributed by atoms with E-state index in [4.69, 9.17) is 21.9 Å². The molecule has 1 amide bonds. The van der Waals surface area contributed by atoms with Crippen molar-refractivity contribution < 1.29 is 9.32 Å². The van der Waals surface area contributed by atoms with Gasteiger partial charge in [-0.05, 0) is 25.0 Å². The number of aromatic nitrogens is 2. The molecule has 1 aromatic heterocycles. The summed E-state index contributed by atoms with van der Waals surface area (Å²) in [7, 11) is 0. The lowest BCUT2D eigenvalue weighted by Crippen LogP contribution is -2.54. The van der Waals surface area contributed by atoms with Gasteiger partial charge in [-0.3, -0.25) is 4.79 Å². The second kappa shape index (κ2) is 6.68. The predicted molar refractivity (Wildman–Crippen MR) is 86.6 cm³/mol. The number of rotatable bonds is 4. The molecular weight excluding hydrogens is 316 g/mol. The minimum Gasteiger partial charge on any atom is -0.345 e. The highest BCUT2D eigenvalue weighted by Crippen LogP contribution is 2.26. The average molecular weight is 335 g/mol. The molecule has 1 aromatic carbocycles. The highest BCUT2D eigenvalue weighted by atomic mass is 35.5. The maximum Gasteiger partial charge on any atom is 0.246 e. The maximum atomic E-state index is 12.3. The Morgan fingerprint density at radius 3 is 2.87 bits per heavy atom. The summed E-state index contributed by atoms with van der Waals surface area (Å²) in [5.74, 6) is 0.629. The molecule has 3 rings (SSSR count). The highest BCUT2D eigenvalue weighted by molar-refractivity contribution is 6.30. The van der Waals surface area contributed by atoms with E-state index in [1.807, 2.05) is 12.1 Å². The van der Waals surface area contributed by atoms with Crippen LogP contribution in [0.2, 0.25) is 5.02 Å². The largest absolute Gasteiger partial charge is 0.345 e. The molecule has 1 saturated carbocycles. The van der Waals surface area contributed by atoms with Gasteiger partial charge in [-0.1, -0.05) is 48.2 Å². The van der Waals surface area contributed by atoms with Crippen molar-refractivity contribution in [1.29, 1.82) is 0 Å². The van der Waals surface area contributed by atoms with Gasteiger partial charge in [0, 0.05) is 10.6 Å². The molecule has 1 aliphatic carbocycles. The summed E-state index contributed by atoms with van der Waals surface area (Å²) < 4.78 is 5.17. The lowest BCUT2D eigenvalue weighted by atomic mass is 9.82. The molecule has 7 heteroatoms. The molecule has 23 heavy (non-hydrogen) atoms. The Balaban J connectivity index is 1.62. The highest BCUT2D eigenvalue weighted by Gasteiger charge is 2.35. The molecule has 0 atom stereocenters. The fourth-order valence-electron chi connectivity index (χ4n) is 2.81. The molecule has 0 radical (unpaired) electrons. The van der Waals surface area contributed by atoms with Crippen molar-refractivity contribution in [3.63, 3.8) is 0 Å². The van der Waals surface area contributed by atoms with E-state index in [0.717, 1.165) is 37.7 Å². The van der Waals surface area contributed by atoms with Crippen LogP contribution in [0.25, 0.3) is 11.4 Å². The van der Waals surface area contributed by atoms with Crippen LogP contribution in [-0.4, -0.2) is 21.6 Å². The van der Waals surface area contributed by atoms with Crippen LogP contribution in [-0.2, 0) is 11.3 Å². The van der Waals surface area contributed by atoms with Crippen molar-refractivity contribution in [2.24, 2.45) is 5.73 Å². The number of hydrogen-bond acceptors (Lipinski definition) is 5. The minimum absolute atomic E-state index is 0.153. The standard InChI is InChI=1S/C16H19ClN4O2/c17-12-6-4-5-11(9-12)14-20-13(23-21-14)10-19-15(22)16(18)7-2-1-3-8-16/h4-6,9H,1-3,7-8,10,18H2,(H,19,22). The molecule has 1 aliphatic rings. The average Bonchev–Trinajstić information content (AvgIpc) is 3.02. The fraction of sp³-hybridized carbons (Fsp3) is 0.438. The van der Waals surface area contributed by atoms with Crippen molar-refractivity contribution in [2.75, 3.05) is 0 Å². The first-order chi connectivity index (χ1) is 11.1. The van der Waals surface area contributed by atoms with Crippen molar-refractivity contribution >= 4 is 17.5 Å². The smallest absolute Gasteiger partial charge is 0.246 e. The van der Waals surface area contributed by atoms with E-state index in [1.165, 1.54) is 0 Å². The summed E-state index contributed by atoms with van der Waals surface area (Å²) in [5, 5.41) is 7.31. The van der Waals surface area contributed by atoms with E-state index in [0.29, 0.717) is 16.7 Å². The first kappa shape index (κ1) is 16.0. The van der Waals surface area contributed by atoms with Crippen LogP contribution in [0.15, 0.2) is 28.8 Å². The first-order valence-electron chi connectivity index (χ1n) is 7.72. The van der Waals surface area contributed by atoms with Crippen molar-refractivity contribution in [1.82, 2.24) is 15.5 Å². The molecule has 1 fully saturated rings. The van der Waals surface area contributed by atoms with Gasteiger partial charge in [0.15, 0.2) is 0 Å². The van der Waals surface area contributed by atoms with Gasteiger partial charge in [0.25, 0.3) is 0 Å². The maximum absolute atomic E-state index is 12.3. The number of benzene rings is 1. The number of nitrogens with two attached hydrogens (primary N) is 1. The van der Waals surface area contributed by atoms with Gasteiger partial charge < -0.3 is 15.6 Å². The molecule has 122 valence electrons. The van der Waals surface area contributed by atoms with Crippen LogP contribution < -0.4 is 11.1 Å². The third-order valence-electron chi connectivity index (χ3n) is 4.15. The van der Waals surface area contributed by atoms with Crippen molar-refractivity contribution in [2.45, 2.75) is 44.2 Å². The molecule has 0 aliphatic heterocycles. The van der Waals surface area contributed by atoms with Crippen LogP contribution in [0.5, 0.6) is 0 Å². The van der Waals surface area contributed by atoms with Gasteiger partial charge in [-0.15, -0.1) is 0 Å². The summed E-state index contributed by atoms with van der Waals surface area (Å²) in [6.07, 6.45) is 4.55. The summed E-state index contributed by atoms with van der Waals surface area (Å²) in [6.45, 7) is 0.172. The zero-order valence-corrected chi connectivity index (χ0v) is 13.5. The third kappa shape index (κ3) is 3.71. The molecule has 0 spiro atoms. The second-order valence-corrected chi connectivity index (χ2v) is 6.36. The number of amides is 1. The van der Waals surface area contributed by atoms with Crippen LogP contribution in [0.3, 0.4) is 0 Å². The van der Waals surface area contributed by atoms with Crippen LogP contribution in [0.4, 0.5) is 0 Å². The Hall–Kier alpha value is -1.92. The lowest BCUT2D eigenvalue weighted by molar-refractivity contribution is -0.127. The molecule has 6 nitrogen and oxygen atoms in total. The monoisotopic (exact) mass is 334 g/mol. The number of halogens is 1. The lowest BCUT2D eigenvalue weighted by Gasteiger charge is -2.31. The first-order valence-corrected chi connectivity index (χ1v) is 8.10. The normalized spacial score (nSPS) is 17.0. The van der Waals surface area contributed by atoms with E-state index in [1.54, 1.807) is 12.1 Å². The van der Waals surface area contributed by atoms with Gasteiger partial charge in [-0.25, -0.2) is 0 Å². The number of carbonyl (C=O) groups excluding carboxylic acids is 1. The quantitative estimate of drug-likeness (QED) is 0.896. The SMILES string of the molecule is NC1(C(=O)NCc2nc(-c3cccc(Cl)c3)no2)CCCCC1. The van der Waals surface area contributed by atoms with Gasteiger partial charge in [0.1, 0.15) is 0 Å². The number of nitrogens with zero attached hydrogens (tertiary/aromatic N) is 2. The predicted octanol–water partition coefficient (Wildman–Crippen LogP) is 2.67. The minimum atomic E-state index is -0.770. The zero-order valence-electron chi connectivity index (χ0n) is 12.7. The molecular formula is C16H19ClN4O2. The number of nitrogens with one attached hydrogen (secondary N) is 1. The Morgan fingerprint density at radius 2 is 2.13 bits per heavy atom. The molecule has 0 bridgehead atoms. The Bertz CT molecular complexity index is 695. The van der Waals surface area contributed by atoms with Crippen LogP contribution in [0, 0.1) is 0 Å². The molecule has 0 unspecified atom stereocenters. The third-order valence-corrected chi connectivity index (χ3v) is 4.38. The van der Waals surface area contributed by atoms with Gasteiger partial charge in [-0.2, -0.15) is 4.98 Å². The number of hydrogen-bond donors (Lipinski definition) is 2. The van der Waals surface area contributed by atoms with E-state index >= 15 is 0 Å². The molecule has 0 saturated heterocycles. The fourth-order valence-corrected chi connectivity index (χ4v) is 3.00. The van der Waals surface area contributed by atoms with Gasteiger partial charge in [0.2, 0.25) is 17.6 Å². The van der Waals surface area contributed by atoms with Crippen molar-refractivity contribution in [3.05, 3.63) is 35.2 Å². The summed E-state index contributed by atoms with van der Waals surface area (Å²) in [6, 6.07) is 7.19. The molecule has 2 aromatic rings. The van der Waals surface area contributed by atoms with E-state index in [9.17, 15) is 4.79 Å². The molecule has 1 heterocycles. The van der Waals surface area contributed by atoms with E-state index < -0.39 is 5.54 Å². The van der Waals surface area contributed by atoms with E-state index in [2.05, 4.69) is 15.5 Å². The summed E-state index contributed by atoms with van der Waals surface area (Å²) in [4.78, 5) is 16.5. The summed E-state index contributed by atoms with van der Waals surface area (Å²) in [5.41, 5.74) is 6.18. The zero-order chi connectivity index (χ0) is 16.3. The molecule has 3 N–H and O–H groups in total. The van der Waals surface area contributed by atoms with Gasteiger partial charge >= 0.3 is 0 Å². The Labute approximate surface area is 139 Å². The Kier molecular flexibility index (Phi) is 4.63. The summed E-state index contributed by atoms with van der Waals surface area (Å²) >= 11 is 5.95. The Morgan fingerprint density at radius 1 is 1.35 bits per heavy atom. The van der Waals surface area contributed by atoms with Crippen LogP contribution in [0.1, 0.15) is 38.0 Å². The van der Waals surface area contributed by atoms with Crippen LogP contribution >= 0.6 is 11.6 Å². The topological polar surface area (TPSA) is 94.0 Å². The second-order valence-electron chi connectivity index (χ2n) is 5.92. The van der Waals surface area contributed by atoms with Crippen molar-refractivity contribution in [3.8, 4) is 11.4 Å².